The zero-order valence-electron chi connectivity index (χ0n) is 72.1. The molecule has 13 atom stereocenters. The van der Waals surface area contributed by atoms with Gasteiger partial charge in [0.1, 0.15) is 60.4 Å². The number of aliphatic carboxylic acids is 1. The number of hydrogen-bond acceptors (Lipinski definition) is 25. The summed E-state index contributed by atoms with van der Waals surface area (Å²) in [5.74, 6) is -13.9. The topological polar surface area (TPSA) is 909 Å². The first kappa shape index (κ1) is 111. The number of rotatable bonds is 69. The highest BCUT2D eigenvalue weighted by Crippen LogP contribution is 2.33. The Balaban J connectivity index is 2.54. The van der Waals surface area contributed by atoms with Crippen molar-refractivity contribution >= 4 is 149 Å². The maximum absolute atomic E-state index is 15.0. The monoisotopic (exact) mass is 1840 g/mol. The van der Waals surface area contributed by atoms with E-state index in [4.69, 9.17) is 86.0 Å². The van der Waals surface area contributed by atoms with Gasteiger partial charge in [-0.05, 0) is 161 Å². The average molecular weight is 1840 g/mol. The first-order chi connectivity index (χ1) is 60.4. The second kappa shape index (κ2) is 63.9. The molecule has 0 unspecified atom stereocenters. The number of primary amides is 1. The highest BCUT2D eigenvalue weighted by molar-refractivity contribution is 8.00. The molecular weight excluding hydrogens is 1700 g/mol. The van der Waals surface area contributed by atoms with Gasteiger partial charge in [0, 0.05) is 81.8 Å². The number of urea groups is 1. The first-order valence-corrected chi connectivity index (χ1v) is 44.2. The number of thiol groups is 1. The number of nitrogens with one attached hydrogen (secondary N) is 14. The van der Waals surface area contributed by atoms with E-state index in [0.29, 0.717) is 56.7 Å². The van der Waals surface area contributed by atoms with Gasteiger partial charge in [-0.25, -0.2) is 9.59 Å². The molecule has 2 saturated heterocycles. The van der Waals surface area contributed by atoms with Crippen LogP contribution in [0.3, 0.4) is 0 Å². The molecule has 0 aromatic carbocycles. The standard InChI is InChI=1S/C74H139N35O16S2/c75-29-7-5-16-42(99-58(114)41(18-10-32-91-68(78)79)98-56(113)38-97-55(112)25-2-1-9-31-90-54(111)26-4-3-24-52-57-51(40-127-52)108-74(125)109-57)59(115)100-43(17-6-8-30-76)60(116)101-44(19-11-33-92-69(80)81)61(117)103-47(22-14-36-95-72(86)87)64(120)106-49(27-28-53(77)110)66(122)105-46(21-13-35-94-71(84)85)63(119)102-45(20-12-34-93-70(82)83)62(118)104-48(23-15-37-96-73(88)89)65(121)107-50(39-126)67(123)124/h41-52,57,126H,1-40,75-76H2,(H2,77,110)(H,90,111)(H,97,112)(H,98,113)(H,99,114)(H,100,115)(H,101,116)(H,102,119)(H,103,117)(H,104,118)(H,105,122)(H,106,120)(H,107,121)(H,123,124)(H4,78,79,91)(H4,80,81,92)(H4,82,83,93)(H4,84,85,94)(H4,86,87,95)(H4,88,89,96)(H2,108,109,125)/t41-,42-,43-,44-,45-,46-,47-,48-,49-,50-,51+,52+,57+/m1/s1. The van der Waals surface area contributed by atoms with Crippen molar-refractivity contribution in [2.75, 3.05) is 77.0 Å². The first-order valence-electron chi connectivity index (χ1n) is 42.5. The number of guanidine groups is 6. The molecule has 2 aliphatic heterocycles. The maximum Gasteiger partial charge on any atom is 0.327 e. The van der Waals surface area contributed by atoms with Crippen LogP contribution in [-0.4, -0.2) is 284 Å². The zero-order chi connectivity index (χ0) is 94.8. The van der Waals surface area contributed by atoms with E-state index in [0.717, 1.165) is 18.6 Å². The number of carbonyl (C=O) groups excluding carboxylic acids is 14. The molecule has 0 bridgehead atoms. The molecule has 2 rings (SSSR count). The van der Waals surface area contributed by atoms with Crippen molar-refractivity contribution < 1.29 is 77.0 Å². The summed E-state index contributed by atoms with van der Waals surface area (Å²) in [6.45, 7) is -0.219. The number of unbranched alkanes of at least 4 members (excludes halogenated alkanes) is 5. The number of carbonyl (C=O) groups is 15. The Morgan fingerprint density at radius 3 is 0.961 bits per heavy atom. The van der Waals surface area contributed by atoms with E-state index in [9.17, 15) is 77.0 Å². The van der Waals surface area contributed by atoms with Crippen molar-refractivity contribution in [1.29, 1.82) is 0 Å². The number of thioether (sulfide) groups is 1. The molecule has 53 heteroatoms. The second-order valence-electron chi connectivity index (χ2n) is 30.3. The Morgan fingerprint density at radius 2 is 0.654 bits per heavy atom. The lowest BCUT2D eigenvalue weighted by atomic mass is 10.0. The molecule has 0 aliphatic carbocycles. The Kier molecular flexibility index (Phi) is 55.9. The Hall–Kier alpha value is -11.9. The molecule has 2 fully saturated rings. The lowest BCUT2D eigenvalue weighted by Crippen LogP contribution is -2.60. The summed E-state index contributed by atoms with van der Waals surface area (Å²) in [5, 5.41) is 47.2. The molecule has 45 N–H and O–H groups in total. The number of nitrogens with zero attached hydrogens (tertiary/aromatic N) is 6. The SMILES string of the molecule is NCCCC[C@@H](NC(=O)[C@@H](CCCN=C(N)N)NC(=O)CNC(=O)CCCCCNC(=O)CCCC[C@@H]1SC[C@@H]2NC(=O)N[C@@H]21)C(=O)N[C@H](CCCCN)C(=O)N[C@H](CCCN=C(N)N)C(=O)N[C@H](CCCN=C(N)N)C(=O)N[C@H](CCC(N)=O)C(=O)N[C@H](CCCN=C(N)N)C(=O)N[C@H](CCCN=C(N)N)C(=O)N[C@H](CCCN=C(N)N)C(=O)N[C@H](CS)C(=O)O. The molecule has 2 aliphatic rings. The largest absolute Gasteiger partial charge is 0.480 e. The van der Waals surface area contributed by atoms with Gasteiger partial charge in [-0.15, -0.1) is 0 Å². The van der Waals surface area contributed by atoms with Gasteiger partial charge in [-0.1, -0.05) is 12.8 Å². The minimum Gasteiger partial charge on any atom is -0.480 e. The molecule has 51 nitrogen and oxygen atoms in total. The normalized spacial score (nSPS) is 15.9. The molecule has 0 radical (unpaired) electrons. The highest BCUT2D eigenvalue weighted by atomic mass is 32.2. The minimum atomic E-state index is -1.77. The number of aliphatic imine (C=N–C) groups is 6. The summed E-state index contributed by atoms with van der Waals surface area (Å²) >= 11 is 5.83. The van der Waals surface area contributed by atoms with Gasteiger partial charge in [0.05, 0.1) is 18.6 Å². The third kappa shape index (κ3) is 50.1. The van der Waals surface area contributed by atoms with E-state index in [2.05, 4.69) is 117 Å². The molecule has 718 valence electrons. The summed E-state index contributed by atoms with van der Waals surface area (Å²) in [6.07, 6.45) is 3.26. The number of hydrogen-bond donors (Lipinski definition) is 31. The van der Waals surface area contributed by atoms with Gasteiger partial charge in [0.2, 0.25) is 76.8 Å². The summed E-state index contributed by atoms with van der Waals surface area (Å²) in [4.78, 5) is 230. The second-order valence-corrected chi connectivity index (χ2v) is 31.9. The van der Waals surface area contributed by atoms with E-state index in [-0.39, 0.29) is 227 Å². The fourth-order valence-corrected chi connectivity index (χ4v) is 14.8. The molecule has 15 amide bonds. The van der Waals surface area contributed by atoms with Crippen LogP contribution in [-0.2, 0) is 67.1 Å². The van der Waals surface area contributed by atoms with E-state index >= 15 is 0 Å². The number of carboxylic acid groups (broad SMARTS) is 1. The van der Waals surface area contributed by atoms with Crippen molar-refractivity contribution in [2.24, 2.45) is 116 Å². The van der Waals surface area contributed by atoms with E-state index in [1.165, 1.54) is 0 Å². The van der Waals surface area contributed by atoms with Crippen LogP contribution in [0.5, 0.6) is 0 Å². The highest BCUT2D eigenvalue weighted by Gasteiger charge is 2.43. The summed E-state index contributed by atoms with van der Waals surface area (Å²) in [7, 11) is 0. The third-order valence-corrected chi connectivity index (χ3v) is 21.6. The Labute approximate surface area is 747 Å². The number of amides is 15. The fourth-order valence-electron chi connectivity index (χ4n) is 13.0. The lowest BCUT2D eigenvalue weighted by Gasteiger charge is -2.28. The van der Waals surface area contributed by atoms with E-state index < -0.39 is 157 Å². The fraction of sp³-hybridized carbons (Fsp3) is 0.716. The maximum atomic E-state index is 15.0. The lowest BCUT2D eigenvalue weighted by molar-refractivity contribution is -0.141. The van der Waals surface area contributed by atoms with Crippen LogP contribution in [0.25, 0.3) is 0 Å². The Morgan fingerprint density at radius 1 is 0.354 bits per heavy atom. The van der Waals surface area contributed by atoms with Gasteiger partial charge in [0.25, 0.3) is 0 Å². The Bertz CT molecular complexity index is 3710. The third-order valence-electron chi connectivity index (χ3n) is 19.7. The van der Waals surface area contributed by atoms with Crippen molar-refractivity contribution in [3.8, 4) is 0 Å². The average Bonchev–Trinajstić information content (AvgIpc) is 1.68. The molecular formula is C74H139N35O16S2. The molecule has 0 saturated carbocycles. The minimum absolute atomic E-state index is 0.00639. The quantitative estimate of drug-likeness (QED) is 0.00884. The number of fused-ring (bicyclic) bond motifs is 1. The summed E-state index contributed by atoms with van der Waals surface area (Å²) in [6, 6.07) is -15.3. The summed E-state index contributed by atoms with van der Waals surface area (Å²) < 4.78 is 0. The zero-order valence-corrected chi connectivity index (χ0v) is 73.8. The van der Waals surface area contributed by atoms with Gasteiger partial charge in [-0.2, -0.15) is 24.4 Å². The van der Waals surface area contributed by atoms with Crippen molar-refractivity contribution in [3.63, 3.8) is 0 Å². The van der Waals surface area contributed by atoms with Crippen LogP contribution in [0, 0.1) is 0 Å². The molecule has 0 aromatic heterocycles. The van der Waals surface area contributed by atoms with Crippen LogP contribution >= 0.6 is 24.4 Å². The van der Waals surface area contributed by atoms with Crippen LogP contribution in [0.1, 0.15) is 180 Å². The van der Waals surface area contributed by atoms with Crippen LogP contribution in [0.4, 0.5) is 4.79 Å². The predicted octanol–water partition coefficient (Wildman–Crippen LogP) is -10.8. The van der Waals surface area contributed by atoms with Crippen molar-refractivity contribution in [2.45, 2.75) is 258 Å². The van der Waals surface area contributed by atoms with Gasteiger partial charge in [0.15, 0.2) is 35.8 Å². The van der Waals surface area contributed by atoms with Gasteiger partial charge in [-0.3, -0.25) is 92.3 Å². The van der Waals surface area contributed by atoms with Gasteiger partial charge < -0.3 is 166 Å². The predicted molar refractivity (Wildman–Crippen MR) is 483 cm³/mol. The van der Waals surface area contributed by atoms with Crippen molar-refractivity contribution in [3.05, 3.63) is 0 Å². The molecule has 0 aromatic rings. The van der Waals surface area contributed by atoms with E-state index in [1.54, 1.807) is 0 Å². The van der Waals surface area contributed by atoms with Crippen LogP contribution in [0.2, 0.25) is 0 Å². The number of carboxylic acids is 1. The number of nitrogens with two attached hydrogens (primary N) is 15. The molecule has 127 heavy (non-hydrogen) atoms. The van der Waals surface area contributed by atoms with Gasteiger partial charge >= 0.3 is 12.0 Å². The van der Waals surface area contributed by atoms with Crippen LogP contribution in [0.15, 0.2) is 30.0 Å². The molecule has 0 spiro atoms. The van der Waals surface area contributed by atoms with E-state index in [1.807, 2.05) is 11.8 Å². The summed E-state index contributed by atoms with van der Waals surface area (Å²) in [5.41, 5.74) is 84.3. The smallest absolute Gasteiger partial charge is 0.327 e. The van der Waals surface area contributed by atoms with Crippen molar-refractivity contribution in [1.82, 2.24) is 74.4 Å². The van der Waals surface area contributed by atoms with Crippen LogP contribution < -0.4 is 160 Å². The molecule has 2 heterocycles.